The summed E-state index contributed by atoms with van der Waals surface area (Å²) >= 11 is 1.11. The normalized spacial score (nSPS) is 11.0. The van der Waals surface area contributed by atoms with E-state index in [9.17, 15) is 14.0 Å². The van der Waals surface area contributed by atoms with Crippen molar-refractivity contribution in [2.75, 3.05) is 26.0 Å². The van der Waals surface area contributed by atoms with Crippen LogP contribution in [0.15, 0.2) is 40.3 Å². The van der Waals surface area contributed by atoms with Crippen molar-refractivity contribution in [3.05, 3.63) is 46.5 Å². The summed E-state index contributed by atoms with van der Waals surface area (Å²) in [4.78, 5) is 32.1. The molecule has 136 valence electrons. The highest BCUT2D eigenvalue weighted by molar-refractivity contribution is 7.99. The summed E-state index contributed by atoms with van der Waals surface area (Å²) in [5.74, 6) is -0.458. The van der Waals surface area contributed by atoms with Crippen LogP contribution in [-0.4, -0.2) is 51.5 Å². The summed E-state index contributed by atoms with van der Waals surface area (Å²) < 4.78 is 20.3. The first kappa shape index (κ1) is 18.1. The van der Waals surface area contributed by atoms with Gasteiger partial charge in [-0.2, -0.15) is 0 Å². The van der Waals surface area contributed by atoms with Crippen LogP contribution in [-0.2, 0) is 9.53 Å². The number of aromatic amines is 1. The van der Waals surface area contributed by atoms with E-state index < -0.39 is 5.82 Å². The van der Waals surface area contributed by atoms with Crippen LogP contribution in [0.1, 0.15) is 0 Å². The number of halogens is 1. The third kappa shape index (κ3) is 4.09. The van der Waals surface area contributed by atoms with E-state index in [1.807, 2.05) is 0 Å². The second-order valence-corrected chi connectivity index (χ2v) is 6.20. The molecule has 8 nitrogen and oxygen atoms in total. The third-order valence-electron chi connectivity index (χ3n) is 3.40. The van der Waals surface area contributed by atoms with Crippen molar-refractivity contribution in [2.45, 2.75) is 5.16 Å². The van der Waals surface area contributed by atoms with E-state index in [2.05, 4.69) is 20.4 Å². The maximum atomic E-state index is 14.1. The molecule has 3 aromatic rings. The monoisotopic (exact) mass is 377 g/mol. The molecule has 3 rings (SSSR count). The lowest BCUT2D eigenvalue weighted by atomic mass is 10.2. The number of nitrogens with zero attached hydrogens (tertiary/aromatic N) is 3. The summed E-state index contributed by atoms with van der Waals surface area (Å²) in [5, 5.41) is 5.59. The minimum atomic E-state index is -0.469. The molecule has 0 saturated carbocycles. The molecule has 0 unspecified atom stereocenters. The van der Waals surface area contributed by atoms with Crippen molar-refractivity contribution < 1.29 is 13.9 Å². The third-order valence-corrected chi connectivity index (χ3v) is 4.34. The maximum Gasteiger partial charge on any atom is 0.266 e. The summed E-state index contributed by atoms with van der Waals surface area (Å²) in [6.07, 6.45) is 0. The SMILES string of the molecule is COCCNC(=O)CSc1nc(-c2ccccc2F)nc2cc(=O)[nH]n12. The van der Waals surface area contributed by atoms with E-state index in [0.29, 0.717) is 24.0 Å². The van der Waals surface area contributed by atoms with Crippen LogP contribution in [0.5, 0.6) is 0 Å². The molecular formula is C16H16FN5O3S. The lowest BCUT2D eigenvalue weighted by Crippen LogP contribution is -2.28. The fourth-order valence-corrected chi connectivity index (χ4v) is 3.00. The lowest BCUT2D eigenvalue weighted by Gasteiger charge is -2.08. The van der Waals surface area contributed by atoms with Crippen molar-refractivity contribution in [2.24, 2.45) is 0 Å². The molecule has 0 aliphatic rings. The number of hydrogen-bond donors (Lipinski definition) is 2. The van der Waals surface area contributed by atoms with Gasteiger partial charge >= 0.3 is 0 Å². The minimum Gasteiger partial charge on any atom is -0.383 e. The largest absolute Gasteiger partial charge is 0.383 e. The average molecular weight is 377 g/mol. The number of amides is 1. The highest BCUT2D eigenvalue weighted by Gasteiger charge is 2.15. The predicted octanol–water partition coefficient (Wildman–Crippen LogP) is 1.08. The van der Waals surface area contributed by atoms with Crippen molar-refractivity contribution >= 4 is 23.3 Å². The Bertz CT molecular complexity index is 987. The fourth-order valence-electron chi connectivity index (χ4n) is 2.22. The van der Waals surface area contributed by atoms with Gasteiger partial charge in [0.15, 0.2) is 16.6 Å². The van der Waals surface area contributed by atoms with Gasteiger partial charge in [0.2, 0.25) is 5.91 Å². The van der Waals surface area contributed by atoms with Gasteiger partial charge in [0.25, 0.3) is 5.56 Å². The van der Waals surface area contributed by atoms with E-state index in [0.717, 1.165) is 11.8 Å². The van der Waals surface area contributed by atoms with Crippen LogP contribution in [0.4, 0.5) is 4.39 Å². The van der Waals surface area contributed by atoms with Crippen LogP contribution in [0.2, 0.25) is 0 Å². The number of rotatable bonds is 7. The molecule has 0 aliphatic heterocycles. The maximum absolute atomic E-state index is 14.1. The van der Waals surface area contributed by atoms with E-state index in [1.54, 1.807) is 25.3 Å². The lowest BCUT2D eigenvalue weighted by molar-refractivity contribution is -0.118. The first-order chi connectivity index (χ1) is 12.6. The second kappa shape index (κ2) is 8.11. The zero-order valence-corrected chi connectivity index (χ0v) is 14.7. The molecule has 0 fully saturated rings. The molecule has 26 heavy (non-hydrogen) atoms. The van der Waals surface area contributed by atoms with Crippen LogP contribution in [0.25, 0.3) is 17.0 Å². The van der Waals surface area contributed by atoms with Crippen LogP contribution in [0.3, 0.4) is 0 Å². The van der Waals surface area contributed by atoms with Gasteiger partial charge in [0, 0.05) is 19.7 Å². The second-order valence-electron chi connectivity index (χ2n) is 5.26. The number of nitrogens with one attached hydrogen (secondary N) is 2. The molecule has 0 radical (unpaired) electrons. The Kier molecular flexibility index (Phi) is 5.64. The van der Waals surface area contributed by atoms with Gasteiger partial charge in [-0.15, -0.1) is 0 Å². The zero-order chi connectivity index (χ0) is 18.5. The highest BCUT2D eigenvalue weighted by Crippen LogP contribution is 2.23. The van der Waals surface area contributed by atoms with Crippen LogP contribution < -0.4 is 10.9 Å². The van der Waals surface area contributed by atoms with E-state index in [-0.39, 0.29) is 28.6 Å². The van der Waals surface area contributed by atoms with Crippen molar-refractivity contribution in [1.29, 1.82) is 0 Å². The van der Waals surface area contributed by atoms with Gasteiger partial charge in [-0.05, 0) is 12.1 Å². The van der Waals surface area contributed by atoms with E-state index in [1.165, 1.54) is 16.6 Å². The molecule has 0 atom stereocenters. The highest BCUT2D eigenvalue weighted by atomic mass is 32.2. The number of aromatic nitrogens is 4. The Balaban J connectivity index is 1.90. The standard InChI is InChI=1S/C16H16FN5O3S/c1-25-7-6-18-14(24)9-26-16-20-15(10-4-2-3-5-11(10)17)19-12-8-13(23)21-22(12)16/h2-5,8H,6-7,9H2,1H3,(H,18,24)(H,21,23). The zero-order valence-electron chi connectivity index (χ0n) is 13.9. The van der Waals surface area contributed by atoms with Crippen molar-refractivity contribution in [1.82, 2.24) is 24.9 Å². The molecule has 1 aromatic carbocycles. The number of carbonyl (C=O) groups is 1. The van der Waals surface area contributed by atoms with Gasteiger partial charge in [-0.1, -0.05) is 23.9 Å². The van der Waals surface area contributed by atoms with Crippen molar-refractivity contribution in [3.63, 3.8) is 0 Å². The van der Waals surface area contributed by atoms with Gasteiger partial charge in [-0.3, -0.25) is 14.7 Å². The molecule has 2 N–H and O–H groups in total. The first-order valence-electron chi connectivity index (χ1n) is 7.71. The van der Waals surface area contributed by atoms with E-state index in [4.69, 9.17) is 4.74 Å². The number of carbonyl (C=O) groups excluding carboxylic acids is 1. The Morgan fingerprint density at radius 2 is 2.19 bits per heavy atom. The molecule has 1 amide bonds. The molecule has 10 heteroatoms. The number of hydrogen-bond acceptors (Lipinski definition) is 6. The fraction of sp³-hybridized carbons (Fsp3) is 0.250. The molecule has 0 spiro atoms. The smallest absolute Gasteiger partial charge is 0.266 e. The van der Waals surface area contributed by atoms with Crippen LogP contribution >= 0.6 is 11.8 Å². The van der Waals surface area contributed by atoms with Gasteiger partial charge < -0.3 is 10.1 Å². The average Bonchev–Trinajstić information content (AvgIpc) is 3.00. The Morgan fingerprint density at radius 1 is 1.38 bits per heavy atom. The minimum absolute atomic E-state index is 0.0761. The predicted molar refractivity (Wildman–Crippen MR) is 94.6 cm³/mol. The molecule has 2 aromatic heterocycles. The Hall–Kier alpha value is -2.72. The Labute approximate surface area is 151 Å². The molecule has 0 saturated heterocycles. The quantitative estimate of drug-likeness (QED) is 0.472. The number of fused-ring (bicyclic) bond motifs is 1. The van der Waals surface area contributed by atoms with E-state index >= 15 is 0 Å². The number of H-pyrrole nitrogens is 1. The molecule has 0 bridgehead atoms. The topological polar surface area (TPSA) is 101 Å². The number of thioether (sulfide) groups is 1. The van der Waals surface area contributed by atoms with Gasteiger partial charge in [-0.25, -0.2) is 18.9 Å². The van der Waals surface area contributed by atoms with Crippen molar-refractivity contribution in [3.8, 4) is 11.4 Å². The number of methoxy groups -OCH3 is 1. The summed E-state index contributed by atoms with van der Waals surface area (Å²) in [7, 11) is 1.55. The first-order valence-corrected chi connectivity index (χ1v) is 8.70. The number of benzene rings is 1. The molecule has 0 aliphatic carbocycles. The number of ether oxygens (including phenoxy) is 1. The Morgan fingerprint density at radius 3 is 2.96 bits per heavy atom. The summed E-state index contributed by atoms with van der Waals surface area (Å²) in [5.41, 5.74) is 0.150. The molecule has 2 heterocycles. The summed E-state index contributed by atoms with van der Waals surface area (Å²) in [6.45, 7) is 0.812. The van der Waals surface area contributed by atoms with Crippen LogP contribution in [0, 0.1) is 5.82 Å². The van der Waals surface area contributed by atoms with Gasteiger partial charge in [0.1, 0.15) is 5.82 Å². The molecular weight excluding hydrogens is 361 g/mol. The van der Waals surface area contributed by atoms with Gasteiger partial charge in [0.05, 0.1) is 17.9 Å². The summed E-state index contributed by atoms with van der Waals surface area (Å²) in [6, 6.07) is 7.39.